The first-order chi connectivity index (χ1) is 8.54. The maximum atomic E-state index is 5.78. The van der Waals surface area contributed by atoms with Crippen LogP contribution in [-0.4, -0.2) is 38.7 Å². The Morgan fingerprint density at radius 1 is 1.33 bits per heavy atom. The third-order valence-corrected chi connectivity index (χ3v) is 3.01. The molecular formula is C15H26N2O. The Bertz CT molecular complexity index is 364. The molecule has 0 fully saturated rings. The highest BCUT2D eigenvalue weighted by Crippen LogP contribution is 2.22. The van der Waals surface area contributed by atoms with Gasteiger partial charge < -0.3 is 15.0 Å². The summed E-state index contributed by atoms with van der Waals surface area (Å²) in [7, 11) is 4.11. The van der Waals surface area contributed by atoms with E-state index in [1.54, 1.807) is 0 Å². The van der Waals surface area contributed by atoms with Crippen LogP contribution in [0.25, 0.3) is 0 Å². The fourth-order valence-corrected chi connectivity index (χ4v) is 1.87. The van der Waals surface area contributed by atoms with Crippen LogP contribution < -0.4 is 10.1 Å². The Hall–Kier alpha value is -1.06. The number of likely N-dealkylation sites (N-methyl/N-ethyl adjacent to an activating group) is 1. The lowest BCUT2D eigenvalue weighted by molar-refractivity contribution is 0.260. The summed E-state index contributed by atoms with van der Waals surface area (Å²) in [5.74, 6) is 0.990. The number of hydrogen-bond acceptors (Lipinski definition) is 3. The third kappa shape index (κ3) is 4.67. The Labute approximate surface area is 111 Å². The van der Waals surface area contributed by atoms with E-state index in [0.717, 1.165) is 25.4 Å². The van der Waals surface area contributed by atoms with E-state index in [-0.39, 0.29) is 0 Å². The number of benzene rings is 1. The summed E-state index contributed by atoms with van der Waals surface area (Å²) in [6.07, 6.45) is 0. The van der Waals surface area contributed by atoms with Gasteiger partial charge in [-0.1, -0.05) is 19.1 Å². The van der Waals surface area contributed by atoms with E-state index >= 15 is 0 Å². The SMILES string of the molecule is CCNC(C)c1ccc(OCCN(C)C)c(C)c1. The molecule has 0 aliphatic heterocycles. The molecule has 0 saturated carbocycles. The van der Waals surface area contributed by atoms with Gasteiger partial charge >= 0.3 is 0 Å². The van der Waals surface area contributed by atoms with Crippen LogP contribution in [0.4, 0.5) is 0 Å². The summed E-state index contributed by atoms with van der Waals surface area (Å²) in [6.45, 7) is 9.08. The van der Waals surface area contributed by atoms with Gasteiger partial charge in [-0.25, -0.2) is 0 Å². The molecule has 0 radical (unpaired) electrons. The van der Waals surface area contributed by atoms with Crippen molar-refractivity contribution in [3.63, 3.8) is 0 Å². The smallest absolute Gasteiger partial charge is 0.122 e. The van der Waals surface area contributed by atoms with E-state index in [2.05, 4.69) is 63.3 Å². The van der Waals surface area contributed by atoms with Gasteiger partial charge in [0.25, 0.3) is 0 Å². The minimum absolute atomic E-state index is 0.393. The van der Waals surface area contributed by atoms with Crippen molar-refractivity contribution in [3.8, 4) is 5.75 Å². The van der Waals surface area contributed by atoms with Crippen molar-refractivity contribution in [2.24, 2.45) is 0 Å². The number of aryl methyl sites for hydroxylation is 1. The first kappa shape index (κ1) is 15.0. The molecule has 1 atom stereocenters. The normalized spacial score (nSPS) is 12.8. The zero-order chi connectivity index (χ0) is 13.5. The van der Waals surface area contributed by atoms with Crippen LogP contribution >= 0.6 is 0 Å². The predicted octanol–water partition coefficient (Wildman–Crippen LogP) is 2.61. The van der Waals surface area contributed by atoms with E-state index < -0.39 is 0 Å². The predicted molar refractivity (Wildman–Crippen MR) is 77.3 cm³/mol. The maximum Gasteiger partial charge on any atom is 0.122 e. The average Bonchev–Trinajstić information content (AvgIpc) is 2.31. The topological polar surface area (TPSA) is 24.5 Å². The summed E-state index contributed by atoms with van der Waals surface area (Å²) in [5, 5.41) is 3.42. The fraction of sp³-hybridized carbons (Fsp3) is 0.600. The van der Waals surface area contributed by atoms with Crippen LogP contribution in [0.15, 0.2) is 18.2 Å². The molecule has 0 aliphatic rings. The molecule has 0 amide bonds. The first-order valence-electron chi connectivity index (χ1n) is 6.66. The number of rotatable bonds is 7. The number of hydrogen-bond donors (Lipinski definition) is 1. The summed E-state index contributed by atoms with van der Waals surface area (Å²) >= 11 is 0. The van der Waals surface area contributed by atoms with E-state index in [1.165, 1.54) is 11.1 Å². The molecule has 1 N–H and O–H groups in total. The summed E-state index contributed by atoms with van der Waals surface area (Å²) in [4.78, 5) is 2.12. The molecular weight excluding hydrogens is 224 g/mol. The fourth-order valence-electron chi connectivity index (χ4n) is 1.87. The maximum absolute atomic E-state index is 5.78. The van der Waals surface area contributed by atoms with Gasteiger partial charge in [0.15, 0.2) is 0 Å². The molecule has 0 spiro atoms. The Morgan fingerprint density at radius 3 is 2.61 bits per heavy atom. The minimum atomic E-state index is 0.393. The second-order valence-electron chi connectivity index (χ2n) is 4.96. The first-order valence-corrected chi connectivity index (χ1v) is 6.66. The standard InChI is InChI=1S/C15H26N2O/c1-6-16-13(3)14-7-8-15(12(2)11-14)18-10-9-17(4)5/h7-8,11,13,16H,6,9-10H2,1-5H3. The molecule has 0 bridgehead atoms. The third-order valence-electron chi connectivity index (χ3n) is 3.01. The highest BCUT2D eigenvalue weighted by molar-refractivity contribution is 5.37. The van der Waals surface area contributed by atoms with E-state index in [1.807, 2.05) is 0 Å². The number of nitrogens with zero attached hydrogens (tertiary/aromatic N) is 1. The monoisotopic (exact) mass is 250 g/mol. The van der Waals surface area contributed by atoms with Crippen molar-refractivity contribution >= 4 is 0 Å². The average molecular weight is 250 g/mol. The van der Waals surface area contributed by atoms with Crippen LogP contribution in [0.3, 0.4) is 0 Å². The lowest BCUT2D eigenvalue weighted by Crippen LogP contribution is -2.20. The second-order valence-corrected chi connectivity index (χ2v) is 4.96. The van der Waals surface area contributed by atoms with Crippen molar-refractivity contribution < 1.29 is 4.74 Å². The molecule has 102 valence electrons. The van der Waals surface area contributed by atoms with Gasteiger partial charge in [-0.2, -0.15) is 0 Å². The molecule has 18 heavy (non-hydrogen) atoms. The molecule has 0 heterocycles. The highest BCUT2D eigenvalue weighted by Gasteiger charge is 2.06. The highest BCUT2D eigenvalue weighted by atomic mass is 16.5. The Balaban J connectivity index is 2.62. The second kappa shape index (κ2) is 7.39. The number of ether oxygens (including phenoxy) is 1. The van der Waals surface area contributed by atoms with Crippen LogP contribution in [0, 0.1) is 6.92 Å². The minimum Gasteiger partial charge on any atom is -0.492 e. The summed E-state index contributed by atoms with van der Waals surface area (Å²) in [5.41, 5.74) is 2.52. The zero-order valence-corrected chi connectivity index (χ0v) is 12.3. The van der Waals surface area contributed by atoms with Gasteiger partial charge in [-0.05, 0) is 51.7 Å². The molecule has 1 rings (SSSR count). The van der Waals surface area contributed by atoms with Gasteiger partial charge in [0.2, 0.25) is 0 Å². The van der Waals surface area contributed by atoms with Crippen LogP contribution in [0.1, 0.15) is 31.0 Å². The van der Waals surface area contributed by atoms with Crippen LogP contribution in [0.5, 0.6) is 5.75 Å². The van der Waals surface area contributed by atoms with Crippen molar-refractivity contribution in [2.45, 2.75) is 26.8 Å². The molecule has 3 heteroatoms. The molecule has 1 aromatic carbocycles. The Kier molecular flexibility index (Phi) is 6.16. The largest absolute Gasteiger partial charge is 0.492 e. The molecule has 1 unspecified atom stereocenters. The van der Waals surface area contributed by atoms with Crippen molar-refractivity contribution in [2.75, 3.05) is 33.8 Å². The lowest BCUT2D eigenvalue weighted by Gasteiger charge is -2.16. The molecule has 0 saturated heterocycles. The van der Waals surface area contributed by atoms with E-state index in [9.17, 15) is 0 Å². The summed E-state index contributed by atoms with van der Waals surface area (Å²) in [6, 6.07) is 6.82. The van der Waals surface area contributed by atoms with E-state index in [4.69, 9.17) is 4.74 Å². The van der Waals surface area contributed by atoms with Crippen molar-refractivity contribution in [1.82, 2.24) is 10.2 Å². The molecule has 1 aromatic rings. The molecule has 3 nitrogen and oxygen atoms in total. The molecule has 0 aliphatic carbocycles. The van der Waals surface area contributed by atoms with Gasteiger partial charge in [0.1, 0.15) is 12.4 Å². The zero-order valence-electron chi connectivity index (χ0n) is 12.3. The molecule has 0 aromatic heterocycles. The van der Waals surface area contributed by atoms with Crippen LogP contribution in [0.2, 0.25) is 0 Å². The number of nitrogens with one attached hydrogen (secondary N) is 1. The van der Waals surface area contributed by atoms with Gasteiger partial charge in [0, 0.05) is 12.6 Å². The van der Waals surface area contributed by atoms with Gasteiger partial charge in [-0.3, -0.25) is 0 Å². The summed E-state index contributed by atoms with van der Waals surface area (Å²) < 4.78 is 5.78. The van der Waals surface area contributed by atoms with Crippen molar-refractivity contribution in [3.05, 3.63) is 29.3 Å². The van der Waals surface area contributed by atoms with Crippen LogP contribution in [-0.2, 0) is 0 Å². The van der Waals surface area contributed by atoms with Crippen molar-refractivity contribution in [1.29, 1.82) is 0 Å². The van der Waals surface area contributed by atoms with Gasteiger partial charge in [-0.15, -0.1) is 0 Å². The van der Waals surface area contributed by atoms with E-state index in [0.29, 0.717) is 6.04 Å². The lowest BCUT2D eigenvalue weighted by atomic mass is 10.1. The quantitative estimate of drug-likeness (QED) is 0.805. The van der Waals surface area contributed by atoms with Gasteiger partial charge in [0.05, 0.1) is 0 Å². The Morgan fingerprint density at radius 2 is 2.06 bits per heavy atom.